The van der Waals surface area contributed by atoms with Gasteiger partial charge in [0.1, 0.15) is 0 Å². The van der Waals surface area contributed by atoms with Crippen molar-refractivity contribution in [1.82, 2.24) is 20.4 Å². The number of carbonyl (C=O) groups is 1. The zero-order valence-corrected chi connectivity index (χ0v) is 13.8. The molecule has 1 heterocycles. The van der Waals surface area contributed by atoms with E-state index in [1.807, 2.05) is 32.5 Å². The second-order valence-electron chi connectivity index (χ2n) is 5.41. The zero-order chi connectivity index (χ0) is 15.8. The summed E-state index contributed by atoms with van der Waals surface area (Å²) in [5.74, 6) is 0.0387. The number of nitrogens with one attached hydrogen (secondary N) is 2. The summed E-state index contributed by atoms with van der Waals surface area (Å²) in [6.07, 6.45) is 0.731. The summed E-state index contributed by atoms with van der Waals surface area (Å²) in [5, 5.41) is 10.5. The molecule has 0 saturated heterocycles. The van der Waals surface area contributed by atoms with Crippen molar-refractivity contribution in [3.8, 4) is 0 Å². The van der Waals surface area contributed by atoms with E-state index < -0.39 is 0 Å². The summed E-state index contributed by atoms with van der Waals surface area (Å²) in [6, 6.07) is 0. The molecule has 0 radical (unpaired) electrons. The first-order valence-corrected chi connectivity index (χ1v) is 7.43. The first-order chi connectivity index (χ1) is 9.97. The Balaban J connectivity index is 2.34. The van der Waals surface area contributed by atoms with E-state index in [9.17, 15) is 4.79 Å². The standard InChI is InChI=1S/C15H28N4O2/c1-11(10-14-12(2)18-19(4)13(14)3)15(20)17-7-6-16-8-9-21-5/h11,16H,6-10H2,1-5H3,(H,17,20). The molecule has 0 saturated carbocycles. The monoisotopic (exact) mass is 296 g/mol. The molecule has 0 aliphatic carbocycles. The number of carbonyl (C=O) groups excluding carboxylic acids is 1. The number of hydrogen-bond donors (Lipinski definition) is 2. The molecule has 120 valence electrons. The molecule has 1 amide bonds. The number of nitrogens with zero attached hydrogens (tertiary/aromatic N) is 2. The second-order valence-corrected chi connectivity index (χ2v) is 5.41. The summed E-state index contributed by atoms with van der Waals surface area (Å²) in [7, 11) is 3.61. The molecule has 1 aromatic rings. The van der Waals surface area contributed by atoms with Gasteiger partial charge in [-0.3, -0.25) is 9.48 Å². The molecule has 0 spiro atoms. The fourth-order valence-electron chi connectivity index (χ4n) is 2.26. The Kier molecular flexibility index (Phi) is 7.39. The molecule has 0 fully saturated rings. The van der Waals surface area contributed by atoms with Crippen LogP contribution >= 0.6 is 0 Å². The highest BCUT2D eigenvalue weighted by Crippen LogP contribution is 2.16. The van der Waals surface area contributed by atoms with Crippen LogP contribution in [-0.2, 0) is 23.0 Å². The van der Waals surface area contributed by atoms with E-state index in [1.54, 1.807) is 7.11 Å². The molecule has 1 unspecified atom stereocenters. The fourth-order valence-corrected chi connectivity index (χ4v) is 2.26. The summed E-state index contributed by atoms with van der Waals surface area (Å²) in [4.78, 5) is 12.1. The van der Waals surface area contributed by atoms with Crippen LogP contribution in [-0.4, -0.2) is 49.0 Å². The molecule has 6 nitrogen and oxygen atoms in total. The number of aromatic nitrogens is 2. The van der Waals surface area contributed by atoms with Crippen molar-refractivity contribution in [3.63, 3.8) is 0 Å². The van der Waals surface area contributed by atoms with Gasteiger partial charge in [-0.1, -0.05) is 6.92 Å². The van der Waals surface area contributed by atoms with E-state index in [0.29, 0.717) is 13.2 Å². The number of methoxy groups -OCH3 is 1. The van der Waals surface area contributed by atoms with Crippen molar-refractivity contribution in [1.29, 1.82) is 0 Å². The highest BCUT2D eigenvalue weighted by Gasteiger charge is 2.17. The van der Waals surface area contributed by atoms with Gasteiger partial charge in [-0.2, -0.15) is 5.10 Å². The summed E-state index contributed by atoms with van der Waals surface area (Å²) in [6.45, 7) is 8.87. The van der Waals surface area contributed by atoms with E-state index in [4.69, 9.17) is 4.74 Å². The SMILES string of the molecule is COCCNCCNC(=O)C(C)Cc1c(C)nn(C)c1C. The first kappa shape index (κ1) is 17.7. The molecule has 1 atom stereocenters. The maximum absolute atomic E-state index is 12.1. The average molecular weight is 296 g/mol. The van der Waals surface area contributed by atoms with Crippen LogP contribution in [0.4, 0.5) is 0 Å². The summed E-state index contributed by atoms with van der Waals surface area (Å²) in [5.41, 5.74) is 3.32. The van der Waals surface area contributed by atoms with E-state index in [-0.39, 0.29) is 11.8 Å². The molecule has 6 heteroatoms. The maximum Gasteiger partial charge on any atom is 0.223 e. The minimum absolute atomic E-state index is 0.0504. The van der Waals surface area contributed by atoms with Crippen molar-refractivity contribution in [3.05, 3.63) is 17.0 Å². The van der Waals surface area contributed by atoms with Crippen LogP contribution in [0.3, 0.4) is 0 Å². The predicted octanol–water partition coefficient (Wildman–Crippen LogP) is 0.568. The van der Waals surface area contributed by atoms with Crippen molar-refractivity contribution in [2.24, 2.45) is 13.0 Å². The lowest BCUT2D eigenvalue weighted by Crippen LogP contribution is -2.36. The minimum Gasteiger partial charge on any atom is -0.383 e. The maximum atomic E-state index is 12.1. The van der Waals surface area contributed by atoms with E-state index in [1.165, 1.54) is 5.56 Å². The van der Waals surface area contributed by atoms with Gasteiger partial charge >= 0.3 is 0 Å². The van der Waals surface area contributed by atoms with Crippen LogP contribution in [0.1, 0.15) is 23.9 Å². The lowest BCUT2D eigenvalue weighted by Gasteiger charge is -2.13. The van der Waals surface area contributed by atoms with Crippen molar-refractivity contribution in [2.45, 2.75) is 27.2 Å². The molecular weight excluding hydrogens is 268 g/mol. The third kappa shape index (κ3) is 5.47. The van der Waals surface area contributed by atoms with E-state index in [2.05, 4.69) is 15.7 Å². The van der Waals surface area contributed by atoms with Gasteiger partial charge in [0.05, 0.1) is 12.3 Å². The number of amides is 1. The van der Waals surface area contributed by atoms with Gasteiger partial charge in [0, 0.05) is 45.4 Å². The Labute approximate surface area is 127 Å². The summed E-state index contributed by atoms with van der Waals surface area (Å²) < 4.78 is 6.81. The smallest absolute Gasteiger partial charge is 0.223 e. The number of aryl methyl sites for hydroxylation is 2. The first-order valence-electron chi connectivity index (χ1n) is 7.43. The third-order valence-corrected chi connectivity index (χ3v) is 3.70. The van der Waals surface area contributed by atoms with Crippen LogP contribution in [0.15, 0.2) is 0 Å². The number of hydrogen-bond acceptors (Lipinski definition) is 4. The van der Waals surface area contributed by atoms with Crippen LogP contribution in [0, 0.1) is 19.8 Å². The van der Waals surface area contributed by atoms with Gasteiger partial charge in [0.15, 0.2) is 0 Å². The van der Waals surface area contributed by atoms with Crippen LogP contribution in [0.25, 0.3) is 0 Å². The van der Waals surface area contributed by atoms with Crippen LogP contribution in [0.2, 0.25) is 0 Å². The predicted molar refractivity (Wildman–Crippen MR) is 83.3 cm³/mol. The second kappa shape index (κ2) is 8.79. The van der Waals surface area contributed by atoms with E-state index >= 15 is 0 Å². The van der Waals surface area contributed by atoms with Crippen LogP contribution < -0.4 is 10.6 Å². The molecule has 2 N–H and O–H groups in total. The fraction of sp³-hybridized carbons (Fsp3) is 0.733. The van der Waals surface area contributed by atoms with E-state index in [0.717, 1.165) is 30.9 Å². The van der Waals surface area contributed by atoms with Gasteiger partial charge in [0.2, 0.25) is 5.91 Å². The molecule has 1 rings (SSSR count). The molecular formula is C15H28N4O2. The Hall–Kier alpha value is -1.40. The highest BCUT2D eigenvalue weighted by atomic mass is 16.5. The Morgan fingerprint density at radius 1 is 1.33 bits per heavy atom. The Morgan fingerprint density at radius 2 is 2.05 bits per heavy atom. The molecule has 0 aliphatic rings. The van der Waals surface area contributed by atoms with Crippen LogP contribution in [0.5, 0.6) is 0 Å². The average Bonchev–Trinajstić information content (AvgIpc) is 2.68. The number of ether oxygens (including phenoxy) is 1. The normalized spacial score (nSPS) is 12.4. The van der Waals surface area contributed by atoms with Crippen molar-refractivity contribution < 1.29 is 9.53 Å². The quantitative estimate of drug-likeness (QED) is 0.654. The molecule has 0 aliphatic heterocycles. The molecule has 21 heavy (non-hydrogen) atoms. The summed E-state index contributed by atoms with van der Waals surface area (Å²) >= 11 is 0. The lowest BCUT2D eigenvalue weighted by molar-refractivity contribution is -0.124. The van der Waals surface area contributed by atoms with Crippen molar-refractivity contribution >= 4 is 5.91 Å². The van der Waals surface area contributed by atoms with Gasteiger partial charge in [-0.25, -0.2) is 0 Å². The highest BCUT2D eigenvalue weighted by molar-refractivity contribution is 5.78. The molecule has 1 aromatic heterocycles. The van der Waals surface area contributed by atoms with Gasteiger partial charge in [0.25, 0.3) is 0 Å². The Bertz CT molecular complexity index is 457. The van der Waals surface area contributed by atoms with Gasteiger partial charge in [-0.05, 0) is 25.8 Å². The molecule has 0 bridgehead atoms. The van der Waals surface area contributed by atoms with Gasteiger partial charge in [-0.15, -0.1) is 0 Å². The zero-order valence-electron chi connectivity index (χ0n) is 13.8. The largest absolute Gasteiger partial charge is 0.383 e. The number of rotatable bonds is 9. The third-order valence-electron chi connectivity index (χ3n) is 3.70. The van der Waals surface area contributed by atoms with Crippen molar-refractivity contribution in [2.75, 3.05) is 33.4 Å². The lowest BCUT2D eigenvalue weighted by atomic mass is 9.99. The Morgan fingerprint density at radius 3 is 2.62 bits per heavy atom. The minimum atomic E-state index is -0.0504. The topological polar surface area (TPSA) is 68.2 Å². The molecule has 0 aromatic carbocycles. The van der Waals surface area contributed by atoms with Gasteiger partial charge < -0.3 is 15.4 Å².